The van der Waals surface area contributed by atoms with Crippen LogP contribution in [0.1, 0.15) is 13.8 Å². The summed E-state index contributed by atoms with van der Waals surface area (Å²) in [7, 11) is 0. The van der Waals surface area contributed by atoms with Crippen molar-refractivity contribution in [1.29, 1.82) is 0 Å². The minimum absolute atomic E-state index is 0.134. The zero-order chi connectivity index (χ0) is 8.43. The molecule has 1 amide bonds. The van der Waals surface area contributed by atoms with Crippen LogP contribution >= 0.6 is 23.4 Å². The lowest BCUT2D eigenvalue weighted by Gasteiger charge is -2.25. The Morgan fingerprint density at radius 2 is 2.36 bits per heavy atom. The molecule has 0 aromatic heterocycles. The molecule has 0 saturated heterocycles. The van der Waals surface area contributed by atoms with Crippen molar-refractivity contribution in [2.45, 2.75) is 19.9 Å². The highest BCUT2D eigenvalue weighted by molar-refractivity contribution is 8.05. The van der Waals surface area contributed by atoms with Crippen LogP contribution in [0.25, 0.3) is 0 Å². The Kier molecular flexibility index (Phi) is 2.84. The first-order valence-corrected chi connectivity index (χ1v) is 4.79. The summed E-state index contributed by atoms with van der Waals surface area (Å²) < 4.78 is 0.693. The quantitative estimate of drug-likeness (QED) is 0.632. The van der Waals surface area contributed by atoms with E-state index in [1.165, 1.54) is 11.8 Å². The van der Waals surface area contributed by atoms with E-state index in [-0.39, 0.29) is 11.9 Å². The summed E-state index contributed by atoms with van der Waals surface area (Å²) in [6.45, 7) is 3.93. The van der Waals surface area contributed by atoms with Crippen molar-refractivity contribution >= 4 is 29.3 Å². The number of carbonyl (C=O) groups excluding carboxylic acids is 1. The maximum absolute atomic E-state index is 11.2. The molecule has 0 atom stereocenters. The molecule has 0 fully saturated rings. The number of hydrogen-bond acceptors (Lipinski definition) is 2. The Morgan fingerprint density at radius 1 is 1.73 bits per heavy atom. The molecule has 1 rings (SSSR count). The summed E-state index contributed by atoms with van der Waals surface area (Å²) in [6.07, 6.45) is 1.70. The first-order valence-electron chi connectivity index (χ1n) is 3.42. The van der Waals surface area contributed by atoms with Crippen LogP contribution in [0.3, 0.4) is 0 Å². The fraction of sp³-hybridized carbons (Fsp3) is 0.571. The fourth-order valence-corrected chi connectivity index (χ4v) is 1.73. The van der Waals surface area contributed by atoms with Gasteiger partial charge < -0.3 is 4.90 Å². The average Bonchev–Trinajstić information content (AvgIpc) is 1.94. The highest BCUT2D eigenvalue weighted by atomic mass is 35.5. The summed E-state index contributed by atoms with van der Waals surface area (Å²) >= 11 is 7.13. The van der Waals surface area contributed by atoms with Gasteiger partial charge in [0.05, 0.1) is 10.1 Å². The zero-order valence-corrected chi connectivity index (χ0v) is 8.08. The van der Waals surface area contributed by atoms with Gasteiger partial charge >= 0.3 is 0 Å². The lowest BCUT2D eigenvalue weighted by molar-refractivity contribution is -0.127. The third-order valence-corrected chi connectivity index (χ3v) is 2.62. The normalized spacial score (nSPS) is 19.1. The van der Waals surface area contributed by atoms with Gasteiger partial charge in [0, 0.05) is 12.2 Å². The van der Waals surface area contributed by atoms with Gasteiger partial charge in [-0.05, 0) is 13.8 Å². The van der Waals surface area contributed by atoms with E-state index in [1.54, 1.807) is 11.1 Å². The van der Waals surface area contributed by atoms with E-state index in [0.29, 0.717) is 10.1 Å². The summed E-state index contributed by atoms with van der Waals surface area (Å²) in [5, 5.41) is 0. The summed E-state index contributed by atoms with van der Waals surface area (Å²) in [5.74, 6) is 0.599. The second-order valence-corrected chi connectivity index (χ2v) is 4.27. The van der Waals surface area contributed by atoms with E-state index >= 15 is 0 Å². The molecular formula is C7H10ClNOS. The molecule has 0 radical (unpaired) electrons. The average molecular weight is 192 g/mol. The highest BCUT2D eigenvalue weighted by Gasteiger charge is 2.19. The van der Waals surface area contributed by atoms with Gasteiger partial charge in [-0.2, -0.15) is 0 Å². The maximum atomic E-state index is 11.2. The topological polar surface area (TPSA) is 20.3 Å². The number of amides is 1. The number of nitrogens with zero attached hydrogens (tertiary/aromatic N) is 1. The summed E-state index contributed by atoms with van der Waals surface area (Å²) in [4.78, 5) is 12.8. The van der Waals surface area contributed by atoms with Crippen LogP contribution in [0.5, 0.6) is 0 Å². The van der Waals surface area contributed by atoms with Crippen LogP contribution < -0.4 is 0 Å². The molecule has 0 unspecified atom stereocenters. The van der Waals surface area contributed by atoms with Crippen molar-refractivity contribution in [3.05, 3.63) is 10.6 Å². The van der Waals surface area contributed by atoms with E-state index in [2.05, 4.69) is 0 Å². The SMILES string of the molecule is CC(C)N1C=C(Cl)SCC1=O. The highest BCUT2D eigenvalue weighted by Crippen LogP contribution is 2.26. The van der Waals surface area contributed by atoms with E-state index in [0.717, 1.165) is 0 Å². The number of rotatable bonds is 1. The van der Waals surface area contributed by atoms with Gasteiger partial charge in [-0.3, -0.25) is 4.79 Å². The molecule has 2 nitrogen and oxygen atoms in total. The number of thioether (sulfide) groups is 1. The van der Waals surface area contributed by atoms with Crippen LogP contribution in [0.4, 0.5) is 0 Å². The Bertz CT molecular complexity index is 203. The molecule has 0 aromatic rings. The van der Waals surface area contributed by atoms with Crippen LogP contribution in [-0.4, -0.2) is 22.6 Å². The molecule has 11 heavy (non-hydrogen) atoms. The largest absolute Gasteiger partial charge is 0.314 e. The Morgan fingerprint density at radius 3 is 2.82 bits per heavy atom. The van der Waals surface area contributed by atoms with Gasteiger partial charge in [0.2, 0.25) is 5.91 Å². The molecule has 0 saturated carbocycles. The fourth-order valence-electron chi connectivity index (χ4n) is 0.861. The van der Waals surface area contributed by atoms with Crippen molar-refractivity contribution in [2.75, 3.05) is 5.75 Å². The Balaban J connectivity index is 2.75. The zero-order valence-electron chi connectivity index (χ0n) is 6.50. The number of hydrogen-bond donors (Lipinski definition) is 0. The monoisotopic (exact) mass is 191 g/mol. The summed E-state index contributed by atoms with van der Waals surface area (Å²) in [6, 6.07) is 0.206. The minimum Gasteiger partial charge on any atom is -0.314 e. The van der Waals surface area contributed by atoms with Crippen LogP contribution in [-0.2, 0) is 4.79 Å². The third kappa shape index (κ3) is 2.14. The summed E-state index contributed by atoms with van der Waals surface area (Å²) in [5.41, 5.74) is 0. The molecule has 1 heterocycles. The molecule has 0 aromatic carbocycles. The Labute approximate surface area is 75.6 Å². The second-order valence-electron chi connectivity index (χ2n) is 2.62. The van der Waals surface area contributed by atoms with Crippen LogP contribution in [0.2, 0.25) is 0 Å². The van der Waals surface area contributed by atoms with Gasteiger partial charge in [-0.1, -0.05) is 11.6 Å². The molecule has 62 valence electrons. The maximum Gasteiger partial charge on any atom is 0.237 e. The first kappa shape index (κ1) is 8.94. The number of carbonyl (C=O) groups is 1. The van der Waals surface area contributed by atoms with Crippen LogP contribution in [0, 0.1) is 0 Å². The molecule has 0 aliphatic carbocycles. The van der Waals surface area contributed by atoms with Gasteiger partial charge in [-0.25, -0.2) is 0 Å². The van der Waals surface area contributed by atoms with Crippen molar-refractivity contribution in [1.82, 2.24) is 4.90 Å². The van der Waals surface area contributed by atoms with Crippen molar-refractivity contribution < 1.29 is 4.79 Å². The molecule has 1 aliphatic heterocycles. The first-order chi connectivity index (χ1) is 5.11. The third-order valence-electron chi connectivity index (χ3n) is 1.42. The predicted octanol–water partition coefficient (Wildman–Crippen LogP) is 2.01. The standard InChI is InChI=1S/C7H10ClNOS/c1-5(2)9-3-6(8)11-4-7(9)10/h3,5H,4H2,1-2H3. The molecule has 0 N–H and O–H groups in total. The van der Waals surface area contributed by atoms with E-state index in [4.69, 9.17) is 11.6 Å². The van der Waals surface area contributed by atoms with Gasteiger partial charge in [0.25, 0.3) is 0 Å². The van der Waals surface area contributed by atoms with Gasteiger partial charge in [-0.15, -0.1) is 11.8 Å². The predicted molar refractivity (Wildman–Crippen MR) is 48.4 cm³/mol. The van der Waals surface area contributed by atoms with E-state index in [1.807, 2.05) is 13.8 Å². The van der Waals surface area contributed by atoms with Crippen molar-refractivity contribution in [3.8, 4) is 0 Å². The molecule has 0 spiro atoms. The van der Waals surface area contributed by atoms with Gasteiger partial charge in [0.15, 0.2) is 0 Å². The van der Waals surface area contributed by atoms with E-state index in [9.17, 15) is 4.79 Å². The molecular weight excluding hydrogens is 182 g/mol. The van der Waals surface area contributed by atoms with E-state index < -0.39 is 0 Å². The lowest BCUT2D eigenvalue weighted by atomic mass is 10.3. The molecule has 4 heteroatoms. The van der Waals surface area contributed by atoms with Crippen molar-refractivity contribution in [2.24, 2.45) is 0 Å². The van der Waals surface area contributed by atoms with Crippen molar-refractivity contribution in [3.63, 3.8) is 0 Å². The number of halogens is 1. The minimum atomic E-state index is 0.134. The Hall–Kier alpha value is -0.150. The smallest absolute Gasteiger partial charge is 0.237 e. The second kappa shape index (κ2) is 3.50. The molecule has 1 aliphatic rings. The van der Waals surface area contributed by atoms with Gasteiger partial charge in [0.1, 0.15) is 0 Å². The molecule has 0 bridgehead atoms. The van der Waals surface area contributed by atoms with Crippen LogP contribution in [0.15, 0.2) is 10.6 Å². The lowest BCUT2D eigenvalue weighted by Crippen LogP contribution is -2.35.